The second kappa shape index (κ2) is 14.4. The van der Waals surface area contributed by atoms with Crippen LogP contribution in [0, 0.1) is 22.7 Å². The molecule has 0 amide bonds. The molecule has 0 fully saturated rings. The van der Waals surface area contributed by atoms with E-state index in [1.165, 1.54) is 11.1 Å². The highest BCUT2D eigenvalue weighted by molar-refractivity contribution is 5.94. The summed E-state index contributed by atoms with van der Waals surface area (Å²) in [7, 11) is 0. The average molecular weight is 699 g/mol. The zero-order valence-corrected chi connectivity index (χ0v) is 31.6. The van der Waals surface area contributed by atoms with Crippen LogP contribution in [-0.4, -0.2) is 9.97 Å². The van der Waals surface area contributed by atoms with E-state index in [9.17, 15) is 10.5 Å². The molecule has 4 nitrogen and oxygen atoms in total. The summed E-state index contributed by atoms with van der Waals surface area (Å²) < 4.78 is 0. The zero-order valence-electron chi connectivity index (χ0n) is 31.6. The molecular weight excluding hydrogens is 657 g/mol. The van der Waals surface area contributed by atoms with Crippen LogP contribution < -0.4 is 0 Å². The van der Waals surface area contributed by atoms with Crippen molar-refractivity contribution in [1.29, 1.82) is 10.5 Å². The van der Waals surface area contributed by atoms with Crippen LogP contribution in [0.1, 0.15) is 63.8 Å². The van der Waals surface area contributed by atoms with Gasteiger partial charge in [-0.3, -0.25) is 0 Å². The molecular formula is C50H42N4. The normalized spacial score (nSPS) is 11.5. The van der Waals surface area contributed by atoms with Crippen molar-refractivity contribution in [2.75, 3.05) is 0 Å². The third kappa shape index (κ3) is 7.08. The molecule has 0 atom stereocenters. The van der Waals surface area contributed by atoms with Gasteiger partial charge in [-0.2, -0.15) is 10.5 Å². The predicted octanol–water partition coefficient (Wildman–Crippen LogP) is 12.8. The molecule has 5 aromatic carbocycles. The fraction of sp³-hybridized carbons (Fsp3) is 0.160. The van der Waals surface area contributed by atoms with Crippen molar-refractivity contribution in [3.8, 4) is 79.4 Å². The van der Waals surface area contributed by atoms with E-state index in [2.05, 4.69) is 102 Å². The average Bonchev–Trinajstić information content (AvgIpc) is 3.20. The first kappa shape index (κ1) is 35.8. The largest absolute Gasteiger partial charge is 0.246 e. The number of hydrogen-bond donors (Lipinski definition) is 0. The highest BCUT2D eigenvalue weighted by atomic mass is 14.7. The number of nitriles is 2. The zero-order chi connectivity index (χ0) is 38.0. The molecule has 0 bridgehead atoms. The Morgan fingerprint density at radius 1 is 0.389 bits per heavy atom. The Bertz CT molecular complexity index is 2360. The summed E-state index contributed by atoms with van der Waals surface area (Å²) in [6.07, 6.45) is 0. The summed E-state index contributed by atoms with van der Waals surface area (Å²) in [6, 6.07) is 54.0. The lowest BCUT2D eigenvalue weighted by Crippen LogP contribution is -2.10. The van der Waals surface area contributed by atoms with Gasteiger partial charge in [-0.25, -0.2) is 9.97 Å². The fourth-order valence-electron chi connectivity index (χ4n) is 6.88. The number of benzene rings is 5. The van der Waals surface area contributed by atoms with Crippen LogP contribution in [0.4, 0.5) is 0 Å². The first-order chi connectivity index (χ1) is 26.0. The van der Waals surface area contributed by atoms with Gasteiger partial charge in [0.25, 0.3) is 0 Å². The molecule has 0 unspecified atom stereocenters. The number of hydrogen-bond acceptors (Lipinski definition) is 4. The minimum atomic E-state index is 0.00496. The maximum Gasteiger partial charge on any atom is 0.102 e. The molecule has 0 saturated heterocycles. The van der Waals surface area contributed by atoms with Gasteiger partial charge in [0.2, 0.25) is 0 Å². The maximum atomic E-state index is 10.9. The summed E-state index contributed by atoms with van der Waals surface area (Å²) >= 11 is 0. The predicted molar refractivity (Wildman–Crippen MR) is 221 cm³/mol. The molecule has 0 aliphatic carbocycles. The van der Waals surface area contributed by atoms with Crippen molar-refractivity contribution in [3.05, 3.63) is 168 Å². The van der Waals surface area contributed by atoms with E-state index in [1.54, 1.807) is 0 Å². The van der Waals surface area contributed by atoms with E-state index in [-0.39, 0.29) is 10.8 Å². The quantitative estimate of drug-likeness (QED) is 0.173. The van der Waals surface area contributed by atoms with E-state index in [0.717, 1.165) is 55.9 Å². The van der Waals surface area contributed by atoms with Crippen LogP contribution in [0.25, 0.3) is 67.3 Å². The molecule has 4 heteroatoms. The van der Waals surface area contributed by atoms with Crippen molar-refractivity contribution >= 4 is 0 Å². The molecule has 0 saturated carbocycles. The van der Waals surface area contributed by atoms with E-state index >= 15 is 0 Å². The summed E-state index contributed by atoms with van der Waals surface area (Å²) in [5.74, 6) is 0. The molecule has 2 aromatic heterocycles. The van der Waals surface area contributed by atoms with Crippen LogP contribution >= 0.6 is 0 Å². The van der Waals surface area contributed by atoms with E-state index < -0.39 is 0 Å². The van der Waals surface area contributed by atoms with Crippen LogP contribution in [0.15, 0.2) is 146 Å². The monoisotopic (exact) mass is 698 g/mol. The van der Waals surface area contributed by atoms with E-state index in [4.69, 9.17) is 9.97 Å². The SMILES string of the molecule is CC(C)(C)c1ccc(-c2cc(-c3ccccc3-c3cc(-c4ccc(C(C)(C)C)cc4)nc(-c4ccccc4)c3C#N)c(C#N)c(-c3ccccc3)n2)cc1. The summed E-state index contributed by atoms with van der Waals surface area (Å²) in [4.78, 5) is 10.3. The van der Waals surface area contributed by atoms with Crippen molar-refractivity contribution in [2.24, 2.45) is 0 Å². The van der Waals surface area contributed by atoms with Gasteiger partial charge in [0.1, 0.15) is 12.1 Å². The molecule has 54 heavy (non-hydrogen) atoms. The summed E-state index contributed by atoms with van der Waals surface area (Å²) in [5.41, 5.74) is 12.9. The van der Waals surface area contributed by atoms with Gasteiger partial charge in [-0.05, 0) is 45.2 Å². The Morgan fingerprint density at radius 3 is 1.04 bits per heavy atom. The first-order valence-electron chi connectivity index (χ1n) is 18.3. The molecule has 0 spiro atoms. The molecule has 262 valence electrons. The van der Waals surface area contributed by atoms with Crippen LogP contribution in [0.2, 0.25) is 0 Å². The third-order valence-electron chi connectivity index (χ3n) is 9.96. The first-order valence-corrected chi connectivity index (χ1v) is 18.3. The number of rotatable bonds is 6. The lowest BCUT2D eigenvalue weighted by Gasteiger charge is -2.20. The lowest BCUT2D eigenvalue weighted by atomic mass is 9.85. The van der Waals surface area contributed by atoms with Gasteiger partial charge in [-0.15, -0.1) is 0 Å². The van der Waals surface area contributed by atoms with E-state index in [0.29, 0.717) is 22.5 Å². The van der Waals surface area contributed by atoms with Crippen LogP contribution in [0.5, 0.6) is 0 Å². The fourth-order valence-corrected chi connectivity index (χ4v) is 6.88. The van der Waals surface area contributed by atoms with Crippen LogP contribution in [0.3, 0.4) is 0 Å². The number of aromatic nitrogens is 2. The minimum Gasteiger partial charge on any atom is -0.246 e. The van der Waals surface area contributed by atoms with E-state index in [1.807, 2.05) is 97.1 Å². The Kier molecular flexibility index (Phi) is 9.55. The second-order valence-corrected chi connectivity index (χ2v) is 15.7. The van der Waals surface area contributed by atoms with Gasteiger partial charge in [0, 0.05) is 33.4 Å². The van der Waals surface area contributed by atoms with Gasteiger partial charge in [0.05, 0.1) is 33.9 Å². The maximum absolute atomic E-state index is 10.9. The van der Waals surface area contributed by atoms with Crippen molar-refractivity contribution < 1.29 is 0 Å². The minimum absolute atomic E-state index is 0.00496. The molecule has 0 radical (unpaired) electrons. The lowest BCUT2D eigenvalue weighted by molar-refractivity contribution is 0.590. The highest BCUT2D eigenvalue weighted by Gasteiger charge is 2.24. The number of pyridine rings is 2. The van der Waals surface area contributed by atoms with Crippen molar-refractivity contribution in [2.45, 2.75) is 52.4 Å². The molecule has 0 aliphatic rings. The Balaban J connectivity index is 1.51. The smallest absolute Gasteiger partial charge is 0.102 e. The molecule has 7 rings (SSSR count). The molecule has 2 heterocycles. The third-order valence-corrected chi connectivity index (χ3v) is 9.96. The molecule has 0 N–H and O–H groups in total. The summed E-state index contributed by atoms with van der Waals surface area (Å²) in [6.45, 7) is 13.2. The van der Waals surface area contributed by atoms with Crippen LogP contribution in [-0.2, 0) is 10.8 Å². The van der Waals surface area contributed by atoms with Gasteiger partial charge in [-0.1, -0.05) is 175 Å². The van der Waals surface area contributed by atoms with Gasteiger partial charge < -0.3 is 0 Å². The molecule has 0 aliphatic heterocycles. The van der Waals surface area contributed by atoms with Crippen molar-refractivity contribution in [3.63, 3.8) is 0 Å². The van der Waals surface area contributed by atoms with Gasteiger partial charge >= 0.3 is 0 Å². The number of nitrogens with zero attached hydrogens (tertiary/aromatic N) is 4. The van der Waals surface area contributed by atoms with Crippen molar-refractivity contribution in [1.82, 2.24) is 9.97 Å². The topological polar surface area (TPSA) is 73.4 Å². The Hall–Kier alpha value is -6.62. The highest BCUT2D eigenvalue weighted by Crippen LogP contribution is 2.43. The van der Waals surface area contributed by atoms with Gasteiger partial charge in [0.15, 0.2) is 0 Å². The Labute approximate surface area is 319 Å². The summed E-state index contributed by atoms with van der Waals surface area (Å²) in [5, 5.41) is 21.8. The molecule has 7 aromatic rings. The second-order valence-electron chi connectivity index (χ2n) is 15.7. The standard InChI is InChI=1S/C50H42N4/c1-49(2,3)37-25-21-33(22-26-37)45-29-41(43(31-51)47(53-45)35-15-9-7-10-16-35)39-19-13-14-20-40(39)42-30-46(34-23-27-38(28-24-34)50(4,5)6)54-48(44(42)32-52)36-17-11-8-12-18-36/h7-30H,1-6H3. The Morgan fingerprint density at radius 2 is 0.722 bits per heavy atom.